The van der Waals surface area contributed by atoms with Crippen LogP contribution in [0.25, 0.3) is 0 Å². The predicted molar refractivity (Wildman–Crippen MR) is 139 cm³/mol. The topological polar surface area (TPSA) is 101 Å². The van der Waals surface area contributed by atoms with E-state index >= 15 is 0 Å². The van der Waals surface area contributed by atoms with Gasteiger partial charge in [0.25, 0.3) is 0 Å². The molecule has 0 saturated carbocycles. The molecule has 2 aliphatic rings. The zero-order chi connectivity index (χ0) is 25.8. The summed E-state index contributed by atoms with van der Waals surface area (Å²) in [6, 6.07) is 7.81. The Kier molecular flexibility index (Phi) is 12.1. The van der Waals surface area contributed by atoms with E-state index in [4.69, 9.17) is 21.1 Å². The van der Waals surface area contributed by atoms with Crippen LogP contribution in [0.3, 0.4) is 0 Å². The first kappa shape index (κ1) is 28.5. The van der Waals surface area contributed by atoms with Crippen LogP contribution in [0.2, 0.25) is 5.02 Å². The number of halogens is 1. The number of likely N-dealkylation sites (tertiary alicyclic amines) is 1. The number of nitrogens with zero attached hydrogens (tertiary/aromatic N) is 1. The Morgan fingerprint density at radius 1 is 1.25 bits per heavy atom. The third-order valence-corrected chi connectivity index (χ3v) is 7.22. The molecule has 2 heterocycles. The maximum atomic E-state index is 13.1. The van der Waals surface area contributed by atoms with E-state index in [1.807, 2.05) is 36.2 Å². The van der Waals surface area contributed by atoms with Crippen molar-refractivity contribution in [3.63, 3.8) is 0 Å². The molecule has 1 aromatic carbocycles. The van der Waals surface area contributed by atoms with Gasteiger partial charge in [-0.25, -0.2) is 9.59 Å². The standard InChI is InChI=1S/C26H41ClN4O5/c1-28-23(14-19-6-5-12-35-18-19)16-30-25(32)31-11-4-8-21(17-31)24(20-7-3-9-22(27)15-20)36-13-10-29-26(33)34-2/h3,7,9,15,19,21,23-24,28H,4-6,8,10-14,16-18H2,1-2H3,(H,29,33)(H,30,32)/t19-,21+,23+,24-/m1/s1. The van der Waals surface area contributed by atoms with Gasteiger partial charge in [0.05, 0.1) is 19.8 Å². The second-order valence-corrected chi connectivity index (χ2v) is 10.0. The summed E-state index contributed by atoms with van der Waals surface area (Å²) in [7, 11) is 3.27. The van der Waals surface area contributed by atoms with E-state index < -0.39 is 6.09 Å². The summed E-state index contributed by atoms with van der Waals surface area (Å²) in [6.07, 6.45) is 4.38. The molecule has 9 nitrogen and oxygen atoms in total. The lowest BCUT2D eigenvalue weighted by molar-refractivity contribution is -0.00851. The number of carbonyl (C=O) groups is 2. The van der Waals surface area contributed by atoms with Crippen LogP contribution in [-0.2, 0) is 14.2 Å². The summed E-state index contributed by atoms with van der Waals surface area (Å²) in [5, 5.41) is 9.76. The summed E-state index contributed by atoms with van der Waals surface area (Å²) in [6.45, 7) is 4.21. The number of alkyl carbamates (subject to hydrolysis) is 1. The zero-order valence-corrected chi connectivity index (χ0v) is 22.2. The summed E-state index contributed by atoms with van der Waals surface area (Å²) in [5.41, 5.74) is 0.970. The number of ether oxygens (including phenoxy) is 3. The average Bonchev–Trinajstić information content (AvgIpc) is 2.91. The number of hydrogen-bond donors (Lipinski definition) is 3. The summed E-state index contributed by atoms with van der Waals surface area (Å²) in [4.78, 5) is 26.3. The van der Waals surface area contributed by atoms with E-state index in [0.29, 0.717) is 37.2 Å². The van der Waals surface area contributed by atoms with Crippen LogP contribution >= 0.6 is 11.6 Å². The van der Waals surface area contributed by atoms with Crippen LogP contribution < -0.4 is 16.0 Å². The molecule has 10 heteroatoms. The highest BCUT2D eigenvalue weighted by Gasteiger charge is 2.31. The molecule has 3 N–H and O–H groups in total. The minimum Gasteiger partial charge on any atom is -0.453 e. The third kappa shape index (κ3) is 9.10. The van der Waals surface area contributed by atoms with E-state index in [0.717, 1.165) is 51.0 Å². The van der Waals surface area contributed by atoms with Crippen molar-refractivity contribution in [1.82, 2.24) is 20.9 Å². The van der Waals surface area contributed by atoms with E-state index in [2.05, 4.69) is 20.7 Å². The van der Waals surface area contributed by atoms with Gasteiger partial charge in [0, 0.05) is 56.4 Å². The molecule has 0 bridgehead atoms. The highest BCUT2D eigenvalue weighted by Crippen LogP contribution is 2.34. The largest absolute Gasteiger partial charge is 0.453 e. The first-order valence-corrected chi connectivity index (χ1v) is 13.3. The summed E-state index contributed by atoms with van der Waals surface area (Å²) in [5.74, 6) is 0.650. The lowest BCUT2D eigenvalue weighted by Gasteiger charge is -2.37. The maximum absolute atomic E-state index is 13.1. The van der Waals surface area contributed by atoms with Crippen molar-refractivity contribution < 1.29 is 23.8 Å². The van der Waals surface area contributed by atoms with Crippen LogP contribution in [0.4, 0.5) is 9.59 Å². The Morgan fingerprint density at radius 3 is 2.83 bits per heavy atom. The molecule has 2 saturated heterocycles. The molecule has 2 aliphatic heterocycles. The number of carbonyl (C=O) groups excluding carboxylic acids is 2. The van der Waals surface area contributed by atoms with E-state index in [1.165, 1.54) is 13.5 Å². The van der Waals surface area contributed by atoms with E-state index in [1.54, 1.807) is 0 Å². The number of benzene rings is 1. The fourth-order valence-electron chi connectivity index (χ4n) is 5.06. The second kappa shape index (κ2) is 15.2. The van der Waals surface area contributed by atoms with Gasteiger partial charge in [0.1, 0.15) is 0 Å². The molecular weight excluding hydrogens is 484 g/mol. The highest BCUT2D eigenvalue weighted by atomic mass is 35.5. The Balaban J connectivity index is 1.56. The van der Waals surface area contributed by atoms with Gasteiger partial charge in [-0.15, -0.1) is 0 Å². The van der Waals surface area contributed by atoms with Gasteiger partial charge in [-0.3, -0.25) is 0 Å². The predicted octanol–water partition coefficient (Wildman–Crippen LogP) is 3.58. The summed E-state index contributed by atoms with van der Waals surface area (Å²) >= 11 is 6.27. The molecular formula is C26H41ClN4O5. The fraction of sp³-hybridized carbons (Fsp3) is 0.692. The Morgan fingerprint density at radius 2 is 2.11 bits per heavy atom. The molecule has 0 aromatic heterocycles. The van der Waals surface area contributed by atoms with Gasteiger partial charge in [0.15, 0.2) is 0 Å². The number of nitrogens with one attached hydrogen (secondary N) is 3. The van der Waals surface area contributed by atoms with Crippen molar-refractivity contribution in [2.24, 2.45) is 11.8 Å². The lowest BCUT2D eigenvalue weighted by Crippen LogP contribution is -2.50. The summed E-state index contributed by atoms with van der Waals surface area (Å²) < 4.78 is 16.5. The molecule has 3 rings (SSSR count). The molecule has 2 fully saturated rings. The first-order valence-electron chi connectivity index (χ1n) is 13.0. The van der Waals surface area contributed by atoms with Crippen LogP contribution in [0.5, 0.6) is 0 Å². The zero-order valence-electron chi connectivity index (χ0n) is 21.5. The van der Waals surface area contributed by atoms with E-state index in [-0.39, 0.29) is 24.1 Å². The SMILES string of the molecule is CN[C@H](CNC(=O)N1CCC[C@H]([C@H](OCCNC(=O)OC)c2cccc(Cl)c2)C1)C[C@H]1CCCOC1. The van der Waals surface area contributed by atoms with Gasteiger partial charge < -0.3 is 35.1 Å². The molecule has 0 aliphatic carbocycles. The van der Waals surface area contributed by atoms with Gasteiger partial charge >= 0.3 is 12.1 Å². The van der Waals surface area contributed by atoms with Gasteiger partial charge in [-0.2, -0.15) is 0 Å². The molecule has 1 aromatic rings. The van der Waals surface area contributed by atoms with Crippen LogP contribution in [-0.4, -0.2) is 83.2 Å². The number of methoxy groups -OCH3 is 1. The number of amides is 3. The van der Waals surface area contributed by atoms with E-state index in [9.17, 15) is 9.59 Å². The Bertz CT molecular complexity index is 823. The van der Waals surface area contributed by atoms with Crippen molar-refractivity contribution in [2.75, 3.05) is 60.2 Å². The average molecular weight is 525 g/mol. The molecule has 202 valence electrons. The molecule has 3 amide bonds. The molecule has 0 unspecified atom stereocenters. The minimum atomic E-state index is -0.491. The molecule has 0 radical (unpaired) electrons. The lowest BCUT2D eigenvalue weighted by atomic mass is 9.88. The van der Waals surface area contributed by atoms with Crippen molar-refractivity contribution in [3.8, 4) is 0 Å². The molecule has 4 atom stereocenters. The quantitative estimate of drug-likeness (QED) is 0.382. The van der Waals surface area contributed by atoms with Crippen LogP contribution in [0.1, 0.15) is 43.8 Å². The normalized spacial score (nSPS) is 21.9. The van der Waals surface area contributed by atoms with Crippen LogP contribution in [0, 0.1) is 11.8 Å². The highest BCUT2D eigenvalue weighted by molar-refractivity contribution is 6.30. The van der Waals surface area contributed by atoms with Gasteiger partial charge in [-0.1, -0.05) is 23.7 Å². The van der Waals surface area contributed by atoms with Crippen molar-refractivity contribution in [3.05, 3.63) is 34.9 Å². The Labute approximate surface area is 219 Å². The fourth-order valence-corrected chi connectivity index (χ4v) is 5.26. The second-order valence-electron chi connectivity index (χ2n) is 9.60. The number of likely N-dealkylation sites (N-methyl/N-ethyl adjacent to an activating group) is 1. The smallest absolute Gasteiger partial charge is 0.406 e. The van der Waals surface area contributed by atoms with Crippen molar-refractivity contribution in [2.45, 2.75) is 44.2 Å². The number of hydrogen-bond acceptors (Lipinski definition) is 6. The molecule has 0 spiro atoms. The maximum Gasteiger partial charge on any atom is 0.406 e. The monoisotopic (exact) mass is 524 g/mol. The van der Waals surface area contributed by atoms with Crippen molar-refractivity contribution >= 4 is 23.7 Å². The van der Waals surface area contributed by atoms with Gasteiger partial charge in [0.2, 0.25) is 0 Å². The van der Waals surface area contributed by atoms with Crippen LogP contribution in [0.15, 0.2) is 24.3 Å². The first-order chi connectivity index (χ1) is 17.5. The Hall–Kier alpha value is -2.07. The minimum absolute atomic E-state index is 0.0444. The third-order valence-electron chi connectivity index (χ3n) is 6.99. The van der Waals surface area contributed by atoms with Gasteiger partial charge in [-0.05, 0) is 62.8 Å². The molecule has 36 heavy (non-hydrogen) atoms. The number of rotatable bonds is 11. The number of urea groups is 1. The number of piperidine rings is 1. The van der Waals surface area contributed by atoms with Crippen molar-refractivity contribution in [1.29, 1.82) is 0 Å².